The van der Waals surface area contributed by atoms with E-state index >= 15 is 0 Å². The number of ether oxygens (including phenoxy) is 2. The largest absolute Gasteiger partial charge is 0.493 e. The number of nitrogens with two attached hydrogens (primary N) is 1. The maximum Gasteiger partial charge on any atom is 0.249 e. The Kier molecular flexibility index (Phi) is 4.27. The number of hydrogen-bond acceptors (Lipinski definition) is 4. The molecule has 0 atom stereocenters. The summed E-state index contributed by atoms with van der Waals surface area (Å²) in [6.07, 6.45) is 0. The zero-order valence-electron chi connectivity index (χ0n) is 13.2. The molecule has 0 aliphatic heterocycles. The molecule has 1 aromatic heterocycles. The van der Waals surface area contributed by atoms with Crippen LogP contribution < -0.4 is 15.2 Å². The van der Waals surface area contributed by atoms with E-state index in [4.69, 9.17) is 26.8 Å². The van der Waals surface area contributed by atoms with Gasteiger partial charge in [0.05, 0.1) is 31.0 Å². The third-order valence-electron chi connectivity index (χ3n) is 3.72. The van der Waals surface area contributed by atoms with Gasteiger partial charge in [0.2, 0.25) is 5.91 Å². The van der Waals surface area contributed by atoms with Crippen LogP contribution in [-0.4, -0.2) is 25.1 Å². The Hall–Kier alpha value is -2.79. The fourth-order valence-electron chi connectivity index (χ4n) is 2.55. The molecule has 0 aliphatic carbocycles. The highest BCUT2D eigenvalue weighted by Crippen LogP contribution is 2.33. The van der Waals surface area contributed by atoms with Gasteiger partial charge < -0.3 is 15.2 Å². The number of nitrogens with zero attached hydrogens (tertiary/aromatic N) is 1. The number of carbonyl (C=O) groups excluding carboxylic acids is 1. The van der Waals surface area contributed by atoms with Crippen molar-refractivity contribution < 1.29 is 14.3 Å². The number of aromatic nitrogens is 1. The fraction of sp³-hybridized carbons (Fsp3) is 0.111. The average molecular weight is 343 g/mol. The molecule has 1 amide bonds. The second-order valence-electron chi connectivity index (χ2n) is 5.15. The van der Waals surface area contributed by atoms with Crippen LogP contribution in [0.4, 0.5) is 0 Å². The third-order valence-corrected chi connectivity index (χ3v) is 3.95. The SMILES string of the molecule is COc1ccc(-c2cc(C(N)=O)c3cc(Cl)ccc3n2)cc1OC. The minimum atomic E-state index is -0.536. The van der Waals surface area contributed by atoms with Crippen molar-refractivity contribution in [2.45, 2.75) is 0 Å². The molecule has 0 aliphatic rings. The second-order valence-corrected chi connectivity index (χ2v) is 5.59. The Balaban J connectivity index is 2.23. The monoisotopic (exact) mass is 342 g/mol. The lowest BCUT2D eigenvalue weighted by Crippen LogP contribution is -2.12. The van der Waals surface area contributed by atoms with Crippen molar-refractivity contribution in [2.24, 2.45) is 5.73 Å². The van der Waals surface area contributed by atoms with E-state index in [1.54, 1.807) is 50.6 Å². The maximum absolute atomic E-state index is 11.8. The molecule has 0 radical (unpaired) electrons. The molecule has 0 spiro atoms. The van der Waals surface area contributed by atoms with Crippen molar-refractivity contribution >= 4 is 28.4 Å². The summed E-state index contributed by atoms with van der Waals surface area (Å²) in [7, 11) is 3.13. The molecule has 122 valence electrons. The van der Waals surface area contributed by atoms with Gasteiger partial charge in [0, 0.05) is 16.0 Å². The number of hydrogen-bond donors (Lipinski definition) is 1. The van der Waals surface area contributed by atoms with Crippen LogP contribution in [0.15, 0.2) is 42.5 Å². The first-order valence-corrected chi connectivity index (χ1v) is 7.54. The van der Waals surface area contributed by atoms with Crippen molar-refractivity contribution in [3.8, 4) is 22.8 Å². The first kappa shape index (κ1) is 16.1. The molecule has 2 aromatic carbocycles. The quantitative estimate of drug-likeness (QED) is 0.785. The van der Waals surface area contributed by atoms with Crippen molar-refractivity contribution in [1.82, 2.24) is 4.98 Å². The van der Waals surface area contributed by atoms with Gasteiger partial charge in [0.1, 0.15) is 0 Å². The summed E-state index contributed by atoms with van der Waals surface area (Å²) in [4.78, 5) is 16.4. The number of halogens is 1. The van der Waals surface area contributed by atoms with Gasteiger partial charge in [-0.3, -0.25) is 4.79 Å². The first-order valence-electron chi connectivity index (χ1n) is 7.16. The van der Waals surface area contributed by atoms with E-state index < -0.39 is 5.91 Å². The van der Waals surface area contributed by atoms with Crippen LogP contribution >= 0.6 is 11.6 Å². The molecule has 0 bridgehead atoms. The number of amides is 1. The van der Waals surface area contributed by atoms with Gasteiger partial charge in [-0.25, -0.2) is 4.98 Å². The second kappa shape index (κ2) is 6.37. The number of pyridine rings is 1. The van der Waals surface area contributed by atoms with E-state index in [0.717, 1.165) is 5.56 Å². The van der Waals surface area contributed by atoms with Crippen molar-refractivity contribution in [2.75, 3.05) is 14.2 Å². The van der Waals surface area contributed by atoms with Gasteiger partial charge in [-0.05, 0) is 42.5 Å². The molecule has 0 saturated carbocycles. The highest BCUT2D eigenvalue weighted by molar-refractivity contribution is 6.31. The molecule has 0 saturated heterocycles. The van der Waals surface area contributed by atoms with Crippen LogP contribution in [0.25, 0.3) is 22.2 Å². The molecule has 0 fully saturated rings. The van der Waals surface area contributed by atoms with E-state index in [2.05, 4.69) is 4.98 Å². The van der Waals surface area contributed by atoms with E-state index in [-0.39, 0.29) is 0 Å². The van der Waals surface area contributed by atoms with Crippen LogP contribution in [0.3, 0.4) is 0 Å². The molecule has 2 N–H and O–H groups in total. The molecular weight excluding hydrogens is 328 g/mol. The van der Waals surface area contributed by atoms with Crippen molar-refractivity contribution in [3.05, 3.63) is 53.1 Å². The molecule has 3 aromatic rings. The number of methoxy groups -OCH3 is 2. The fourth-order valence-corrected chi connectivity index (χ4v) is 2.72. The minimum absolute atomic E-state index is 0.368. The highest BCUT2D eigenvalue weighted by atomic mass is 35.5. The van der Waals surface area contributed by atoms with Gasteiger partial charge in [0.15, 0.2) is 11.5 Å². The number of benzene rings is 2. The van der Waals surface area contributed by atoms with Gasteiger partial charge in [-0.15, -0.1) is 0 Å². The normalized spacial score (nSPS) is 10.6. The van der Waals surface area contributed by atoms with Crippen LogP contribution in [-0.2, 0) is 0 Å². The average Bonchev–Trinajstić information content (AvgIpc) is 2.60. The summed E-state index contributed by atoms with van der Waals surface area (Å²) in [6, 6.07) is 12.2. The summed E-state index contributed by atoms with van der Waals surface area (Å²) in [5.74, 6) is 0.656. The minimum Gasteiger partial charge on any atom is -0.493 e. The standard InChI is InChI=1S/C18H15ClN2O3/c1-23-16-6-3-10(7-17(16)24-2)15-9-13(18(20)22)12-8-11(19)4-5-14(12)21-15/h3-9H,1-2H3,(H2,20,22). The van der Waals surface area contributed by atoms with E-state index in [1.165, 1.54) is 0 Å². The lowest BCUT2D eigenvalue weighted by atomic mass is 10.0. The summed E-state index contributed by atoms with van der Waals surface area (Å²) in [6.45, 7) is 0. The van der Waals surface area contributed by atoms with Gasteiger partial charge in [0.25, 0.3) is 0 Å². The number of rotatable bonds is 4. The predicted octanol–water partition coefficient (Wildman–Crippen LogP) is 3.67. The number of carbonyl (C=O) groups is 1. The molecule has 6 heteroatoms. The summed E-state index contributed by atoms with van der Waals surface area (Å²) in [5.41, 5.74) is 7.93. The molecule has 3 rings (SSSR count). The zero-order valence-corrected chi connectivity index (χ0v) is 13.9. The smallest absolute Gasteiger partial charge is 0.249 e. The molecule has 5 nitrogen and oxygen atoms in total. The number of fused-ring (bicyclic) bond motifs is 1. The maximum atomic E-state index is 11.8. The first-order chi connectivity index (χ1) is 11.5. The Morgan fingerprint density at radius 2 is 1.79 bits per heavy atom. The molecular formula is C18H15ClN2O3. The molecule has 0 unspecified atom stereocenters. The van der Waals surface area contributed by atoms with E-state index in [1.807, 2.05) is 6.07 Å². The van der Waals surface area contributed by atoms with Crippen LogP contribution in [0, 0.1) is 0 Å². The molecule has 24 heavy (non-hydrogen) atoms. The van der Waals surface area contributed by atoms with E-state index in [9.17, 15) is 4.79 Å². The summed E-state index contributed by atoms with van der Waals surface area (Å²) >= 11 is 6.01. The topological polar surface area (TPSA) is 74.4 Å². The predicted molar refractivity (Wildman–Crippen MR) is 93.8 cm³/mol. The zero-order chi connectivity index (χ0) is 17.3. The van der Waals surface area contributed by atoms with Crippen LogP contribution in [0.1, 0.15) is 10.4 Å². The lowest BCUT2D eigenvalue weighted by Gasteiger charge is -2.11. The van der Waals surface area contributed by atoms with Crippen molar-refractivity contribution in [1.29, 1.82) is 0 Å². The van der Waals surface area contributed by atoms with Gasteiger partial charge in [-0.2, -0.15) is 0 Å². The molecule has 1 heterocycles. The van der Waals surface area contributed by atoms with Gasteiger partial charge >= 0.3 is 0 Å². The Labute approximate surface area is 144 Å². The Morgan fingerprint density at radius 3 is 2.46 bits per heavy atom. The third kappa shape index (κ3) is 2.86. The highest BCUT2D eigenvalue weighted by Gasteiger charge is 2.13. The Bertz CT molecular complexity index is 941. The van der Waals surface area contributed by atoms with Crippen LogP contribution in [0.2, 0.25) is 5.02 Å². The van der Waals surface area contributed by atoms with Gasteiger partial charge in [-0.1, -0.05) is 11.6 Å². The van der Waals surface area contributed by atoms with Crippen LogP contribution in [0.5, 0.6) is 11.5 Å². The lowest BCUT2D eigenvalue weighted by molar-refractivity contribution is 0.100. The Morgan fingerprint density at radius 1 is 1.04 bits per heavy atom. The summed E-state index contributed by atoms with van der Waals surface area (Å²) in [5, 5.41) is 1.14. The van der Waals surface area contributed by atoms with E-state index in [0.29, 0.717) is 38.7 Å². The van der Waals surface area contributed by atoms with Crippen molar-refractivity contribution in [3.63, 3.8) is 0 Å². The summed E-state index contributed by atoms with van der Waals surface area (Å²) < 4.78 is 10.6. The number of primary amides is 1.